The molecule has 0 unspecified atom stereocenters. The quantitative estimate of drug-likeness (QED) is 0.292. The number of hydrazone groups is 1. The van der Waals surface area contributed by atoms with Crippen LogP contribution in [0.2, 0.25) is 0 Å². The van der Waals surface area contributed by atoms with Crippen LogP contribution in [0, 0.1) is 0 Å². The molecule has 3 aromatic carbocycles. The molecule has 3 aromatic rings. The third kappa shape index (κ3) is 3.41. The molecule has 138 valence electrons. The fourth-order valence-corrected chi connectivity index (χ4v) is 3.31. The lowest BCUT2D eigenvalue weighted by atomic mass is 10.0. The summed E-state index contributed by atoms with van der Waals surface area (Å²) in [5.41, 5.74) is 10.6. The summed E-state index contributed by atoms with van der Waals surface area (Å²) in [6, 6.07) is 20.4. The van der Waals surface area contributed by atoms with Crippen molar-refractivity contribution < 1.29 is 14.8 Å². The fraction of sp³-hybridized carbons (Fsp3) is 0.0455. The van der Waals surface area contributed by atoms with E-state index < -0.39 is 5.91 Å². The van der Waals surface area contributed by atoms with Crippen molar-refractivity contribution in [2.24, 2.45) is 5.10 Å². The number of hydrogen-bond donors (Lipinski definition) is 3. The summed E-state index contributed by atoms with van der Waals surface area (Å²) < 4.78 is 0. The van der Waals surface area contributed by atoms with Gasteiger partial charge in [-0.05, 0) is 64.6 Å². The highest BCUT2D eigenvalue weighted by molar-refractivity contribution is 5.97. The first-order chi connectivity index (χ1) is 13.7. The van der Waals surface area contributed by atoms with Crippen LogP contribution in [0.4, 0.5) is 0 Å². The van der Waals surface area contributed by atoms with Crippen LogP contribution in [0.5, 0.6) is 0 Å². The number of hydrogen-bond acceptors (Lipinski definition) is 4. The van der Waals surface area contributed by atoms with Crippen LogP contribution in [0.25, 0.3) is 11.1 Å². The number of fused-ring (bicyclic) bond motifs is 3. The van der Waals surface area contributed by atoms with Crippen LogP contribution in [0.15, 0.2) is 71.8 Å². The third-order valence-corrected chi connectivity index (χ3v) is 4.71. The molecular weight excluding hydrogens is 354 g/mol. The van der Waals surface area contributed by atoms with Gasteiger partial charge in [0.15, 0.2) is 0 Å². The Labute approximate surface area is 161 Å². The van der Waals surface area contributed by atoms with E-state index in [9.17, 15) is 9.59 Å². The number of carbonyl (C=O) groups is 2. The Morgan fingerprint density at radius 1 is 0.857 bits per heavy atom. The van der Waals surface area contributed by atoms with Gasteiger partial charge in [0, 0.05) is 11.1 Å². The first-order valence-corrected chi connectivity index (χ1v) is 8.75. The minimum absolute atomic E-state index is 0.252. The van der Waals surface area contributed by atoms with Gasteiger partial charge in [0.1, 0.15) is 0 Å². The van der Waals surface area contributed by atoms with E-state index in [1.165, 1.54) is 46.5 Å². The molecule has 1 aliphatic carbocycles. The minimum atomic E-state index is -0.635. The lowest BCUT2D eigenvalue weighted by Crippen LogP contribution is -2.20. The van der Waals surface area contributed by atoms with Crippen LogP contribution in [-0.2, 0) is 6.42 Å². The molecule has 28 heavy (non-hydrogen) atoms. The lowest BCUT2D eigenvalue weighted by Gasteiger charge is -2.03. The Morgan fingerprint density at radius 2 is 1.54 bits per heavy atom. The van der Waals surface area contributed by atoms with Gasteiger partial charge in [-0.25, -0.2) is 10.9 Å². The minimum Gasteiger partial charge on any atom is -0.288 e. The second-order valence-electron chi connectivity index (χ2n) is 6.47. The Balaban J connectivity index is 1.42. The van der Waals surface area contributed by atoms with Gasteiger partial charge in [-0.2, -0.15) is 5.10 Å². The molecule has 0 spiro atoms. The normalized spacial score (nSPS) is 11.8. The summed E-state index contributed by atoms with van der Waals surface area (Å²) in [6.07, 6.45) is 2.50. The molecule has 1 aliphatic rings. The van der Waals surface area contributed by atoms with Crippen molar-refractivity contribution in [3.05, 3.63) is 94.5 Å². The topological polar surface area (TPSA) is 90.8 Å². The fourth-order valence-electron chi connectivity index (χ4n) is 3.31. The average molecular weight is 371 g/mol. The van der Waals surface area contributed by atoms with E-state index in [0.29, 0.717) is 5.56 Å². The number of nitrogens with one attached hydrogen (secondary N) is 2. The first kappa shape index (κ1) is 17.6. The van der Waals surface area contributed by atoms with Crippen LogP contribution in [0.3, 0.4) is 0 Å². The van der Waals surface area contributed by atoms with Crippen molar-refractivity contribution in [1.82, 2.24) is 10.9 Å². The highest BCUT2D eigenvalue weighted by Gasteiger charge is 2.17. The van der Waals surface area contributed by atoms with Gasteiger partial charge in [0.2, 0.25) is 0 Å². The van der Waals surface area contributed by atoms with Crippen LogP contribution < -0.4 is 10.9 Å². The van der Waals surface area contributed by atoms with Crippen molar-refractivity contribution in [3.63, 3.8) is 0 Å². The van der Waals surface area contributed by atoms with Gasteiger partial charge >= 0.3 is 0 Å². The predicted octanol–water partition coefficient (Wildman–Crippen LogP) is 3.14. The van der Waals surface area contributed by atoms with Gasteiger partial charge in [0.25, 0.3) is 11.8 Å². The number of nitrogens with zero attached hydrogens (tertiary/aromatic N) is 1. The summed E-state index contributed by atoms with van der Waals surface area (Å²) >= 11 is 0. The van der Waals surface area contributed by atoms with Crippen LogP contribution in [-0.4, -0.2) is 23.2 Å². The molecule has 2 amide bonds. The molecule has 4 rings (SSSR count). The maximum absolute atomic E-state index is 12.1. The number of hydroxylamine groups is 1. The Bertz CT molecular complexity index is 1090. The molecule has 0 aromatic heterocycles. The monoisotopic (exact) mass is 371 g/mol. The number of benzene rings is 3. The largest absolute Gasteiger partial charge is 0.288 e. The molecule has 3 N–H and O–H groups in total. The van der Waals surface area contributed by atoms with E-state index in [1.807, 2.05) is 18.2 Å². The molecule has 0 saturated carbocycles. The van der Waals surface area contributed by atoms with Crippen molar-refractivity contribution in [1.29, 1.82) is 0 Å². The van der Waals surface area contributed by atoms with Gasteiger partial charge in [-0.15, -0.1) is 0 Å². The molecule has 0 aliphatic heterocycles. The second kappa shape index (κ2) is 7.46. The van der Waals surface area contributed by atoms with Crippen LogP contribution >= 0.6 is 0 Å². The van der Waals surface area contributed by atoms with E-state index >= 15 is 0 Å². The van der Waals surface area contributed by atoms with Gasteiger partial charge in [-0.3, -0.25) is 14.8 Å². The summed E-state index contributed by atoms with van der Waals surface area (Å²) in [5, 5.41) is 12.6. The van der Waals surface area contributed by atoms with Gasteiger partial charge < -0.3 is 0 Å². The molecule has 6 heteroatoms. The Morgan fingerprint density at radius 3 is 2.29 bits per heavy atom. The van der Waals surface area contributed by atoms with E-state index in [0.717, 1.165) is 12.0 Å². The zero-order valence-electron chi connectivity index (χ0n) is 14.8. The van der Waals surface area contributed by atoms with E-state index in [1.54, 1.807) is 11.7 Å². The molecule has 0 heterocycles. The predicted molar refractivity (Wildman–Crippen MR) is 105 cm³/mol. The van der Waals surface area contributed by atoms with Crippen molar-refractivity contribution >= 4 is 18.0 Å². The standard InChI is InChI=1S/C22H17N3O3/c26-21(15-6-8-16(9-7-15)22(27)25-28)24-23-13-14-5-10-20-18(11-14)12-17-3-1-2-4-19(17)20/h1-11,13,28H,12H2,(H,24,26)(H,25,27)/b23-13+. The van der Waals surface area contributed by atoms with E-state index in [4.69, 9.17) is 5.21 Å². The zero-order valence-corrected chi connectivity index (χ0v) is 14.8. The lowest BCUT2D eigenvalue weighted by molar-refractivity contribution is 0.0706. The molecule has 0 saturated heterocycles. The summed E-state index contributed by atoms with van der Waals surface area (Å²) in [5.74, 6) is -1.02. The Kier molecular flexibility index (Phi) is 4.70. The SMILES string of the molecule is O=C(NO)c1ccc(C(=O)N/N=C/c2ccc3c(c2)Cc2ccccc2-3)cc1. The van der Waals surface area contributed by atoms with Crippen molar-refractivity contribution in [2.75, 3.05) is 0 Å². The number of amides is 2. The van der Waals surface area contributed by atoms with Crippen molar-refractivity contribution in [3.8, 4) is 11.1 Å². The van der Waals surface area contributed by atoms with Gasteiger partial charge in [-0.1, -0.05) is 36.4 Å². The molecular formula is C22H17N3O3. The molecule has 0 bridgehead atoms. The maximum atomic E-state index is 12.1. The first-order valence-electron chi connectivity index (χ1n) is 8.75. The zero-order chi connectivity index (χ0) is 19.5. The maximum Gasteiger partial charge on any atom is 0.274 e. The summed E-state index contributed by atoms with van der Waals surface area (Å²) in [7, 11) is 0. The van der Waals surface area contributed by atoms with Gasteiger partial charge in [0.05, 0.1) is 6.21 Å². The second-order valence-corrected chi connectivity index (χ2v) is 6.47. The summed E-state index contributed by atoms with van der Waals surface area (Å²) in [4.78, 5) is 23.4. The molecule has 0 radical (unpaired) electrons. The molecule has 0 fully saturated rings. The Hall–Kier alpha value is -3.77. The summed E-state index contributed by atoms with van der Waals surface area (Å²) in [6.45, 7) is 0. The third-order valence-electron chi connectivity index (χ3n) is 4.71. The number of carbonyl (C=O) groups excluding carboxylic acids is 2. The average Bonchev–Trinajstić information content (AvgIpc) is 3.11. The highest BCUT2D eigenvalue weighted by Crippen LogP contribution is 2.36. The smallest absolute Gasteiger partial charge is 0.274 e. The van der Waals surface area contributed by atoms with Crippen molar-refractivity contribution in [2.45, 2.75) is 6.42 Å². The van der Waals surface area contributed by atoms with E-state index in [2.05, 4.69) is 34.8 Å². The number of rotatable bonds is 4. The van der Waals surface area contributed by atoms with E-state index in [-0.39, 0.29) is 11.5 Å². The molecule has 0 atom stereocenters. The van der Waals surface area contributed by atoms with Crippen LogP contribution in [0.1, 0.15) is 37.4 Å². The highest BCUT2D eigenvalue weighted by atomic mass is 16.5. The molecule has 6 nitrogen and oxygen atoms in total.